The Hall–Kier alpha value is -1.40. The third-order valence-electron chi connectivity index (χ3n) is 2.92. The van der Waals surface area contributed by atoms with Gasteiger partial charge in [0.1, 0.15) is 5.84 Å². The zero-order chi connectivity index (χ0) is 14.8. The fourth-order valence-electron chi connectivity index (χ4n) is 1.79. The molecule has 0 fully saturated rings. The van der Waals surface area contributed by atoms with Gasteiger partial charge in [0.25, 0.3) is 0 Å². The van der Waals surface area contributed by atoms with E-state index < -0.39 is 16.1 Å². The quantitative estimate of drug-likeness (QED) is 0.565. The molecule has 0 aliphatic carbocycles. The number of hydrogen-bond donors (Lipinski definition) is 3. The predicted molar refractivity (Wildman–Crippen MR) is 76.8 cm³/mol. The lowest BCUT2D eigenvalue weighted by Gasteiger charge is -2.21. The monoisotopic (exact) mass is 283 g/mol. The molecule has 0 saturated heterocycles. The summed E-state index contributed by atoms with van der Waals surface area (Å²) in [6, 6.07) is 4.56. The Morgan fingerprint density at radius 2 is 1.89 bits per heavy atom. The number of amidine groups is 1. The normalized spacial score (nSPS) is 13.5. The van der Waals surface area contributed by atoms with Crippen LogP contribution < -0.4 is 10.5 Å². The van der Waals surface area contributed by atoms with E-state index in [9.17, 15) is 8.42 Å². The number of rotatable bonds is 5. The fourth-order valence-corrected chi connectivity index (χ4v) is 3.48. The van der Waals surface area contributed by atoms with Crippen LogP contribution >= 0.6 is 0 Å². The maximum Gasteiger partial charge on any atom is 0.241 e. The van der Waals surface area contributed by atoms with E-state index in [0.29, 0.717) is 5.56 Å². The van der Waals surface area contributed by atoms with Gasteiger partial charge in [0, 0.05) is 0 Å². The van der Waals surface area contributed by atoms with E-state index in [1.54, 1.807) is 19.1 Å². The summed E-state index contributed by atoms with van der Waals surface area (Å²) in [5.41, 5.74) is 6.99. The molecule has 0 bridgehead atoms. The molecule has 1 atom stereocenters. The first-order valence-corrected chi connectivity index (χ1v) is 7.57. The molecule has 1 unspecified atom stereocenters. The van der Waals surface area contributed by atoms with Crippen LogP contribution in [-0.4, -0.2) is 20.3 Å². The van der Waals surface area contributed by atoms with E-state index in [1.165, 1.54) is 0 Å². The van der Waals surface area contributed by atoms with E-state index in [2.05, 4.69) is 4.72 Å². The first-order chi connectivity index (χ1) is 8.65. The first-order valence-electron chi connectivity index (χ1n) is 6.08. The highest BCUT2D eigenvalue weighted by Gasteiger charge is 2.25. The molecule has 0 spiro atoms. The molecule has 106 valence electrons. The minimum atomic E-state index is -3.67. The zero-order valence-corrected chi connectivity index (χ0v) is 12.5. The molecule has 5 nitrogen and oxygen atoms in total. The summed E-state index contributed by atoms with van der Waals surface area (Å²) in [4.78, 5) is 0.236. The van der Waals surface area contributed by atoms with Crippen molar-refractivity contribution in [1.29, 1.82) is 5.41 Å². The Morgan fingerprint density at radius 3 is 2.37 bits per heavy atom. The van der Waals surface area contributed by atoms with Crippen molar-refractivity contribution in [2.45, 2.75) is 38.6 Å². The maximum absolute atomic E-state index is 12.4. The minimum absolute atomic E-state index is 0.0857. The molecule has 0 radical (unpaired) electrons. The molecule has 0 aromatic heterocycles. The van der Waals surface area contributed by atoms with Crippen LogP contribution in [-0.2, 0) is 10.0 Å². The van der Waals surface area contributed by atoms with Gasteiger partial charge in [-0.15, -0.1) is 0 Å². The maximum atomic E-state index is 12.4. The number of benzene rings is 1. The zero-order valence-electron chi connectivity index (χ0n) is 11.7. The van der Waals surface area contributed by atoms with Crippen LogP contribution in [0.15, 0.2) is 23.1 Å². The van der Waals surface area contributed by atoms with Crippen molar-refractivity contribution < 1.29 is 8.42 Å². The standard InChI is InChI=1S/C13H21N3O2S/c1-8(2)12(13(14)15)16-19(17,18)11-7-9(3)5-6-10(11)4/h5-8,12,16H,1-4H3,(H3,14,15). The molecule has 0 aliphatic heterocycles. The van der Waals surface area contributed by atoms with Crippen molar-refractivity contribution in [1.82, 2.24) is 4.72 Å². The summed E-state index contributed by atoms with van der Waals surface area (Å²) in [5.74, 6) is -0.263. The van der Waals surface area contributed by atoms with Gasteiger partial charge >= 0.3 is 0 Å². The van der Waals surface area contributed by atoms with Crippen molar-refractivity contribution in [2.75, 3.05) is 0 Å². The van der Waals surface area contributed by atoms with Gasteiger partial charge in [-0.25, -0.2) is 13.1 Å². The number of nitrogens with one attached hydrogen (secondary N) is 2. The van der Waals surface area contributed by atoms with E-state index in [4.69, 9.17) is 11.1 Å². The summed E-state index contributed by atoms with van der Waals surface area (Å²) in [7, 11) is -3.67. The van der Waals surface area contributed by atoms with Crippen LogP contribution in [0, 0.1) is 25.2 Å². The Morgan fingerprint density at radius 1 is 1.32 bits per heavy atom. The highest BCUT2D eigenvalue weighted by Crippen LogP contribution is 2.18. The Kier molecular flexibility index (Phi) is 4.70. The van der Waals surface area contributed by atoms with Gasteiger partial charge in [0.05, 0.1) is 10.9 Å². The van der Waals surface area contributed by atoms with Gasteiger partial charge in [-0.1, -0.05) is 26.0 Å². The lowest BCUT2D eigenvalue weighted by molar-refractivity contribution is 0.522. The van der Waals surface area contributed by atoms with E-state index >= 15 is 0 Å². The lowest BCUT2D eigenvalue weighted by Crippen LogP contribution is -2.47. The van der Waals surface area contributed by atoms with Gasteiger partial charge in [0.2, 0.25) is 10.0 Å². The SMILES string of the molecule is Cc1ccc(C)c(S(=O)(=O)NC(C(=N)N)C(C)C)c1. The smallest absolute Gasteiger partial charge is 0.241 e. The molecule has 0 saturated carbocycles. The lowest BCUT2D eigenvalue weighted by atomic mass is 10.1. The van der Waals surface area contributed by atoms with Crippen LogP contribution in [0.2, 0.25) is 0 Å². The van der Waals surface area contributed by atoms with Crippen LogP contribution in [0.4, 0.5) is 0 Å². The summed E-state index contributed by atoms with van der Waals surface area (Å²) in [5, 5.41) is 7.47. The number of hydrogen-bond acceptors (Lipinski definition) is 3. The summed E-state index contributed by atoms with van der Waals surface area (Å²) >= 11 is 0. The van der Waals surface area contributed by atoms with Crippen molar-refractivity contribution >= 4 is 15.9 Å². The predicted octanol–water partition coefficient (Wildman–Crippen LogP) is 1.54. The van der Waals surface area contributed by atoms with E-state index in [1.807, 2.05) is 26.8 Å². The number of aryl methyl sites for hydroxylation is 2. The Bertz CT molecular complexity index is 580. The minimum Gasteiger partial charge on any atom is -0.386 e. The second kappa shape index (κ2) is 5.71. The van der Waals surface area contributed by atoms with Gasteiger partial charge in [-0.2, -0.15) is 0 Å². The van der Waals surface area contributed by atoms with Crippen LogP contribution in [0.5, 0.6) is 0 Å². The molecular formula is C13H21N3O2S. The molecule has 1 aromatic rings. The van der Waals surface area contributed by atoms with Gasteiger partial charge < -0.3 is 5.73 Å². The van der Waals surface area contributed by atoms with Gasteiger partial charge in [-0.05, 0) is 37.0 Å². The average Bonchev–Trinajstić information content (AvgIpc) is 2.28. The van der Waals surface area contributed by atoms with Crippen LogP contribution in [0.1, 0.15) is 25.0 Å². The molecule has 0 aliphatic rings. The Labute approximate surface area is 114 Å². The number of nitrogens with two attached hydrogens (primary N) is 1. The molecule has 0 amide bonds. The molecular weight excluding hydrogens is 262 g/mol. The van der Waals surface area contributed by atoms with E-state index in [-0.39, 0.29) is 16.6 Å². The second-order valence-corrected chi connectivity index (χ2v) is 6.75. The largest absolute Gasteiger partial charge is 0.386 e. The van der Waals surface area contributed by atoms with Crippen molar-refractivity contribution in [3.05, 3.63) is 29.3 Å². The first kappa shape index (κ1) is 15.7. The third kappa shape index (κ3) is 3.78. The van der Waals surface area contributed by atoms with Crippen LogP contribution in [0.25, 0.3) is 0 Å². The van der Waals surface area contributed by atoms with Gasteiger partial charge in [-0.3, -0.25) is 5.41 Å². The number of sulfonamides is 1. The molecule has 1 rings (SSSR count). The molecule has 19 heavy (non-hydrogen) atoms. The van der Waals surface area contributed by atoms with Crippen LogP contribution in [0.3, 0.4) is 0 Å². The molecule has 1 aromatic carbocycles. The third-order valence-corrected chi connectivity index (χ3v) is 4.50. The summed E-state index contributed by atoms with van der Waals surface area (Å²) in [6.07, 6.45) is 0. The van der Waals surface area contributed by atoms with Gasteiger partial charge in [0.15, 0.2) is 0 Å². The van der Waals surface area contributed by atoms with Crippen molar-refractivity contribution in [3.63, 3.8) is 0 Å². The highest BCUT2D eigenvalue weighted by atomic mass is 32.2. The van der Waals surface area contributed by atoms with Crippen molar-refractivity contribution in [3.8, 4) is 0 Å². The summed E-state index contributed by atoms with van der Waals surface area (Å²) < 4.78 is 27.2. The molecule has 4 N–H and O–H groups in total. The van der Waals surface area contributed by atoms with Crippen molar-refractivity contribution in [2.24, 2.45) is 11.7 Å². The molecule has 0 heterocycles. The molecule has 6 heteroatoms. The fraction of sp³-hybridized carbons (Fsp3) is 0.462. The second-order valence-electron chi connectivity index (χ2n) is 5.07. The topological polar surface area (TPSA) is 96.0 Å². The van der Waals surface area contributed by atoms with E-state index in [0.717, 1.165) is 5.56 Å². The average molecular weight is 283 g/mol. The highest BCUT2D eigenvalue weighted by molar-refractivity contribution is 7.89. The summed E-state index contributed by atoms with van der Waals surface area (Å²) in [6.45, 7) is 7.21. The Balaban J connectivity index is 3.17.